The van der Waals surface area contributed by atoms with E-state index in [2.05, 4.69) is 6.07 Å². The fourth-order valence-electron chi connectivity index (χ4n) is 2.90. The van der Waals surface area contributed by atoms with Crippen molar-refractivity contribution < 1.29 is 14.3 Å². The Balaban J connectivity index is 1.73. The molecule has 0 N–H and O–H groups in total. The molecule has 0 saturated heterocycles. The van der Waals surface area contributed by atoms with E-state index in [1.165, 1.54) is 7.11 Å². The Labute approximate surface area is 180 Å². The number of rotatable bonds is 7. The molecular weight excluding hydrogens is 398 g/mol. The number of halogens is 1. The Hall–Kier alpha value is -3.55. The van der Waals surface area contributed by atoms with E-state index < -0.39 is 0 Å². The number of carbonyl (C=O) groups excluding carboxylic acids is 1. The van der Waals surface area contributed by atoms with Crippen molar-refractivity contribution in [3.63, 3.8) is 0 Å². The van der Waals surface area contributed by atoms with E-state index in [4.69, 9.17) is 21.1 Å². The molecule has 0 aliphatic rings. The second kappa shape index (κ2) is 10.3. The van der Waals surface area contributed by atoms with Gasteiger partial charge in [-0.3, -0.25) is 4.79 Å². The molecule has 0 unspecified atom stereocenters. The summed E-state index contributed by atoms with van der Waals surface area (Å²) in [4.78, 5) is 12.2. The van der Waals surface area contributed by atoms with Gasteiger partial charge in [0.15, 0.2) is 11.5 Å². The highest BCUT2D eigenvalue weighted by atomic mass is 35.5. The van der Waals surface area contributed by atoms with Crippen LogP contribution in [0, 0.1) is 11.3 Å². The summed E-state index contributed by atoms with van der Waals surface area (Å²) < 4.78 is 10.9. The maximum absolute atomic E-state index is 12.2. The van der Waals surface area contributed by atoms with E-state index in [1.54, 1.807) is 48.5 Å². The van der Waals surface area contributed by atoms with Gasteiger partial charge in [0.1, 0.15) is 0 Å². The third kappa shape index (κ3) is 5.73. The van der Waals surface area contributed by atoms with Gasteiger partial charge < -0.3 is 9.47 Å². The quantitative estimate of drug-likeness (QED) is 0.206. The van der Waals surface area contributed by atoms with Gasteiger partial charge in [-0.1, -0.05) is 60.1 Å². The van der Waals surface area contributed by atoms with Crippen LogP contribution in [0.15, 0.2) is 72.8 Å². The molecule has 0 bridgehead atoms. The average molecular weight is 418 g/mol. The monoisotopic (exact) mass is 417 g/mol. The highest BCUT2D eigenvalue weighted by molar-refractivity contribution is 6.30. The molecule has 4 nitrogen and oxygen atoms in total. The van der Waals surface area contributed by atoms with Crippen LogP contribution in [0.2, 0.25) is 5.02 Å². The first-order chi connectivity index (χ1) is 14.6. The van der Waals surface area contributed by atoms with Crippen LogP contribution in [0.4, 0.5) is 0 Å². The van der Waals surface area contributed by atoms with Crippen molar-refractivity contribution >= 4 is 29.2 Å². The summed E-state index contributed by atoms with van der Waals surface area (Å²) in [7, 11) is 1.51. The van der Waals surface area contributed by atoms with E-state index in [0.29, 0.717) is 28.5 Å². The predicted molar refractivity (Wildman–Crippen MR) is 118 cm³/mol. The van der Waals surface area contributed by atoms with Crippen LogP contribution in [0.25, 0.3) is 11.6 Å². The molecule has 0 aliphatic heterocycles. The fourth-order valence-corrected chi connectivity index (χ4v) is 3.03. The van der Waals surface area contributed by atoms with E-state index in [-0.39, 0.29) is 12.4 Å². The van der Waals surface area contributed by atoms with Crippen molar-refractivity contribution in [3.05, 3.63) is 94.5 Å². The SMILES string of the molecule is COc1cc(/C=C(\C#N)c2ccc(Cl)cc2)ccc1OC(=O)CCc1ccccc1. The van der Waals surface area contributed by atoms with E-state index in [9.17, 15) is 10.1 Å². The molecule has 3 aromatic carbocycles. The van der Waals surface area contributed by atoms with Crippen LogP contribution in [-0.4, -0.2) is 13.1 Å². The summed E-state index contributed by atoms with van der Waals surface area (Å²) in [5.74, 6) is 0.433. The molecule has 0 spiro atoms. The minimum Gasteiger partial charge on any atom is -0.493 e. The third-order valence-electron chi connectivity index (χ3n) is 4.46. The summed E-state index contributed by atoms with van der Waals surface area (Å²) in [6.07, 6.45) is 2.62. The van der Waals surface area contributed by atoms with Crippen molar-refractivity contribution in [1.29, 1.82) is 5.26 Å². The minimum absolute atomic E-state index is 0.268. The van der Waals surface area contributed by atoms with Gasteiger partial charge in [-0.05, 0) is 53.5 Å². The number of carbonyl (C=O) groups is 1. The fraction of sp³-hybridized carbons (Fsp3) is 0.120. The zero-order chi connectivity index (χ0) is 21.3. The normalized spacial score (nSPS) is 10.9. The Morgan fingerprint density at radius 1 is 1.03 bits per heavy atom. The molecule has 0 heterocycles. The molecule has 150 valence electrons. The van der Waals surface area contributed by atoms with Crippen molar-refractivity contribution in [2.24, 2.45) is 0 Å². The van der Waals surface area contributed by atoms with E-state index >= 15 is 0 Å². The number of hydrogen-bond acceptors (Lipinski definition) is 4. The smallest absolute Gasteiger partial charge is 0.311 e. The molecular formula is C25H20ClNO3. The first-order valence-corrected chi connectivity index (χ1v) is 9.77. The molecule has 0 aromatic heterocycles. The number of hydrogen-bond donors (Lipinski definition) is 0. The first kappa shape index (κ1) is 21.2. The van der Waals surface area contributed by atoms with Crippen LogP contribution in [0.3, 0.4) is 0 Å². The second-order valence-corrected chi connectivity index (χ2v) is 6.98. The Morgan fingerprint density at radius 2 is 1.77 bits per heavy atom. The molecule has 0 radical (unpaired) electrons. The van der Waals surface area contributed by atoms with Gasteiger partial charge in [-0.2, -0.15) is 5.26 Å². The van der Waals surface area contributed by atoms with Crippen LogP contribution < -0.4 is 9.47 Å². The number of nitriles is 1. The number of aryl methyl sites for hydroxylation is 1. The van der Waals surface area contributed by atoms with Gasteiger partial charge in [0.25, 0.3) is 0 Å². The van der Waals surface area contributed by atoms with Crippen molar-refractivity contribution in [2.45, 2.75) is 12.8 Å². The number of esters is 1. The maximum atomic E-state index is 12.2. The molecule has 0 fully saturated rings. The van der Waals surface area contributed by atoms with Gasteiger partial charge in [0.05, 0.1) is 18.8 Å². The molecule has 3 aromatic rings. The van der Waals surface area contributed by atoms with E-state index in [0.717, 1.165) is 16.7 Å². The van der Waals surface area contributed by atoms with Gasteiger partial charge in [0, 0.05) is 11.4 Å². The summed E-state index contributed by atoms with van der Waals surface area (Å²) in [6, 6.07) is 24.2. The number of allylic oxidation sites excluding steroid dienone is 1. The van der Waals surface area contributed by atoms with Crippen LogP contribution >= 0.6 is 11.6 Å². The summed E-state index contributed by atoms with van der Waals surface area (Å²) in [5, 5.41) is 10.1. The zero-order valence-corrected chi connectivity index (χ0v) is 17.2. The maximum Gasteiger partial charge on any atom is 0.311 e. The lowest BCUT2D eigenvalue weighted by Gasteiger charge is -2.10. The average Bonchev–Trinajstić information content (AvgIpc) is 2.78. The molecule has 5 heteroatoms. The molecule has 0 saturated carbocycles. The summed E-state index contributed by atoms with van der Waals surface area (Å²) in [6.45, 7) is 0. The standard InChI is InChI=1S/C25H20ClNO3/c1-29-24-16-19(15-21(17-27)20-9-11-22(26)12-10-20)7-13-23(24)30-25(28)14-8-18-5-3-2-4-6-18/h2-7,9-13,15-16H,8,14H2,1H3/b21-15+. The van der Waals surface area contributed by atoms with Gasteiger partial charge in [0.2, 0.25) is 0 Å². The lowest BCUT2D eigenvalue weighted by atomic mass is 10.0. The third-order valence-corrected chi connectivity index (χ3v) is 4.71. The molecule has 0 amide bonds. The second-order valence-electron chi connectivity index (χ2n) is 6.55. The molecule has 3 rings (SSSR count). The van der Waals surface area contributed by atoms with Crippen molar-refractivity contribution in [3.8, 4) is 17.6 Å². The predicted octanol–water partition coefficient (Wildman–Crippen LogP) is 5.95. The molecule has 30 heavy (non-hydrogen) atoms. The number of ether oxygens (including phenoxy) is 2. The number of methoxy groups -OCH3 is 1. The van der Waals surface area contributed by atoms with Crippen LogP contribution in [-0.2, 0) is 11.2 Å². The lowest BCUT2D eigenvalue weighted by Crippen LogP contribution is -2.09. The topological polar surface area (TPSA) is 59.3 Å². The minimum atomic E-state index is -0.334. The van der Waals surface area contributed by atoms with Gasteiger partial charge >= 0.3 is 5.97 Å². The summed E-state index contributed by atoms with van der Waals surface area (Å²) in [5.41, 5.74) is 3.08. The first-order valence-electron chi connectivity index (χ1n) is 9.39. The van der Waals surface area contributed by atoms with Gasteiger partial charge in [-0.15, -0.1) is 0 Å². The number of nitrogens with zero attached hydrogens (tertiary/aromatic N) is 1. The highest BCUT2D eigenvalue weighted by Gasteiger charge is 2.11. The van der Waals surface area contributed by atoms with Crippen LogP contribution in [0.5, 0.6) is 11.5 Å². The molecule has 0 aliphatic carbocycles. The Bertz CT molecular complexity index is 1080. The zero-order valence-electron chi connectivity index (χ0n) is 16.5. The Morgan fingerprint density at radius 3 is 2.43 bits per heavy atom. The van der Waals surface area contributed by atoms with Crippen molar-refractivity contribution in [1.82, 2.24) is 0 Å². The van der Waals surface area contributed by atoms with Crippen LogP contribution in [0.1, 0.15) is 23.1 Å². The lowest BCUT2D eigenvalue weighted by molar-refractivity contribution is -0.134. The number of benzene rings is 3. The largest absolute Gasteiger partial charge is 0.493 e. The van der Waals surface area contributed by atoms with Crippen molar-refractivity contribution in [2.75, 3.05) is 7.11 Å². The van der Waals surface area contributed by atoms with E-state index in [1.807, 2.05) is 30.3 Å². The molecule has 0 atom stereocenters. The summed E-state index contributed by atoms with van der Waals surface area (Å²) >= 11 is 5.92. The van der Waals surface area contributed by atoms with Gasteiger partial charge in [-0.25, -0.2) is 0 Å². The Kier molecular flexibility index (Phi) is 7.26. The highest BCUT2D eigenvalue weighted by Crippen LogP contribution is 2.30.